The molecule has 1 N–H and O–H groups in total. The van der Waals surface area contributed by atoms with Crippen LogP contribution in [0.5, 0.6) is 0 Å². The summed E-state index contributed by atoms with van der Waals surface area (Å²) >= 11 is 0. The summed E-state index contributed by atoms with van der Waals surface area (Å²) in [5.74, 6) is -0.223. The fourth-order valence-electron chi connectivity index (χ4n) is 0.904. The summed E-state index contributed by atoms with van der Waals surface area (Å²) < 4.78 is 0. The van der Waals surface area contributed by atoms with Gasteiger partial charge in [0.2, 0.25) is 0 Å². The molecule has 0 saturated heterocycles. The van der Waals surface area contributed by atoms with Crippen molar-refractivity contribution in [2.75, 3.05) is 13.6 Å². The van der Waals surface area contributed by atoms with E-state index in [2.05, 4.69) is 0 Å². The number of carbonyl (C=O) groups excluding carboxylic acids is 1. The summed E-state index contributed by atoms with van der Waals surface area (Å²) in [4.78, 5) is 12.8. The lowest BCUT2D eigenvalue weighted by molar-refractivity contribution is -0.146. The van der Waals surface area contributed by atoms with Gasteiger partial charge in [-0.3, -0.25) is 4.79 Å². The van der Waals surface area contributed by atoms with Gasteiger partial charge in [-0.05, 0) is 20.3 Å². The monoisotopic (exact) mass is 159 g/mol. The first-order valence-corrected chi connectivity index (χ1v) is 3.87. The average molecular weight is 159 g/mol. The molecule has 0 saturated carbocycles. The van der Waals surface area contributed by atoms with Crippen LogP contribution in [0, 0.1) is 0 Å². The summed E-state index contributed by atoms with van der Waals surface area (Å²) in [7, 11) is 1.70. The van der Waals surface area contributed by atoms with Crippen molar-refractivity contribution in [3.05, 3.63) is 0 Å². The molecule has 0 aromatic rings. The third kappa shape index (κ3) is 3.37. The number of carbonyl (C=O) groups is 1. The van der Waals surface area contributed by atoms with Gasteiger partial charge < -0.3 is 10.0 Å². The first-order valence-electron chi connectivity index (χ1n) is 3.87. The lowest BCUT2D eigenvalue weighted by Gasteiger charge is -2.24. The number of amides is 1. The van der Waals surface area contributed by atoms with Gasteiger partial charge in [-0.2, -0.15) is 0 Å². The van der Waals surface area contributed by atoms with Crippen LogP contribution in [-0.4, -0.2) is 35.1 Å². The smallest absolute Gasteiger partial charge is 0.253 e. The standard InChI is InChI=1S/C8H17NO2/c1-5-6-9(4)7(10)8(2,3)11/h11H,5-6H2,1-4H3. The lowest BCUT2D eigenvalue weighted by atomic mass is 10.1. The molecule has 0 aliphatic heterocycles. The zero-order valence-corrected chi connectivity index (χ0v) is 7.72. The minimum absolute atomic E-state index is 0.223. The van der Waals surface area contributed by atoms with E-state index in [9.17, 15) is 9.90 Å². The van der Waals surface area contributed by atoms with Crippen LogP contribution in [0.25, 0.3) is 0 Å². The third-order valence-corrected chi connectivity index (χ3v) is 1.43. The number of hydrogen-bond donors (Lipinski definition) is 1. The van der Waals surface area contributed by atoms with Crippen LogP contribution in [0.1, 0.15) is 27.2 Å². The quantitative estimate of drug-likeness (QED) is 0.656. The van der Waals surface area contributed by atoms with E-state index in [-0.39, 0.29) is 5.91 Å². The molecule has 0 rings (SSSR count). The normalized spacial score (nSPS) is 11.4. The predicted octanol–water partition coefficient (Wildman–Crippen LogP) is 0.626. The minimum Gasteiger partial charge on any atom is -0.381 e. The highest BCUT2D eigenvalue weighted by Gasteiger charge is 2.26. The molecule has 0 radical (unpaired) electrons. The van der Waals surface area contributed by atoms with Crippen LogP contribution in [0.4, 0.5) is 0 Å². The van der Waals surface area contributed by atoms with E-state index < -0.39 is 5.60 Å². The summed E-state index contributed by atoms with van der Waals surface area (Å²) in [5.41, 5.74) is -1.23. The van der Waals surface area contributed by atoms with E-state index in [1.54, 1.807) is 11.9 Å². The predicted molar refractivity (Wildman–Crippen MR) is 44.2 cm³/mol. The van der Waals surface area contributed by atoms with Crippen molar-refractivity contribution in [3.63, 3.8) is 0 Å². The third-order valence-electron chi connectivity index (χ3n) is 1.43. The molecule has 0 aromatic heterocycles. The van der Waals surface area contributed by atoms with Crippen LogP contribution in [-0.2, 0) is 4.79 Å². The molecular weight excluding hydrogens is 142 g/mol. The summed E-state index contributed by atoms with van der Waals surface area (Å²) in [5, 5.41) is 9.29. The SMILES string of the molecule is CCCN(C)C(=O)C(C)(C)O. The van der Waals surface area contributed by atoms with E-state index in [0.717, 1.165) is 6.42 Å². The molecule has 0 aromatic carbocycles. The summed E-state index contributed by atoms with van der Waals surface area (Å²) in [6.07, 6.45) is 0.915. The first-order chi connectivity index (χ1) is 4.89. The van der Waals surface area contributed by atoms with E-state index in [0.29, 0.717) is 6.54 Å². The molecule has 0 aliphatic rings. The Hall–Kier alpha value is -0.570. The molecule has 0 spiro atoms. The second-order valence-corrected chi connectivity index (χ2v) is 3.29. The topological polar surface area (TPSA) is 40.5 Å². The number of hydrogen-bond acceptors (Lipinski definition) is 2. The molecule has 0 atom stereocenters. The molecule has 0 bridgehead atoms. The van der Waals surface area contributed by atoms with E-state index in [1.807, 2.05) is 6.92 Å². The van der Waals surface area contributed by atoms with Gasteiger partial charge in [-0.15, -0.1) is 0 Å². The van der Waals surface area contributed by atoms with Crippen molar-refractivity contribution in [1.29, 1.82) is 0 Å². The first kappa shape index (κ1) is 10.4. The van der Waals surface area contributed by atoms with Gasteiger partial charge in [0.05, 0.1) is 0 Å². The Morgan fingerprint density at radius 3 is 2.27 bits per heavy atom. The van der Waals surface area contributed by atoms with Gasteiger partial charge in [0.1, 0.15) is 5.60 Å². The molecule has 0 heterocycles. The highest BCUT2D eigenvalue weighted by atomic mass is 16.3. The van der Waals surface area contributed by atoms with Crippen LogP contribution in [0.3, 0.4) is 0 Å². The molecule has 11 heavy (non-hydrogen) atoms. The van der Waals surface area contributed by atoms with Gasteiger partial charge in [0.15, 0.2) is 0 Å². The Morgan fingerprint density at radius 1 is 1.55 bits per heavy atom. The van der Waals surface area contributed by atoms with Crippen LogP contribution < -0.4 is 0 Å². The highest BCUT2D eigenvalue weighted by Crippen LogP contribution is 2.05. The van der Waals surface area contributed by atoms with Crippen molar-refractivity contribution in [3.8, 4) is 0 Å². The van der Waals surface area contributed by atoms with E-state index in [4.69, 9.17) is 0 Å². The van der Waals surface area contributed by atoms with Crippen LogP contribution in [0.15, 0.2) is 0 Å². The van der Waals surface area contributed by atoms with Gasteiger partial charge in [-0.1, -0.05) is 6.92 Å². The van der Waals surface area contributed by atoms with Gasteiger partial charge in [-0.25, -0.2) is 0 Å². The Bertz CT molecular complexity index is 138. The summed E-state index contributed by atoms with van der Waals surface area (Å²) in [6, 6.07) is 0. The Labute approximate surface area is 68.0 Å². The van der Waals surface area contributed by atoms with Gasteiger partial charge >= 0.3 is 0 Å². The molecule has 0 unspecified atom stereocenters. The van der Waals surface area contributed by atoms with Crippen LogP contribution in [0.2, 0.25) is 0 Å². The zero-order chi connectivity index (χ0) is 9.07. The minimum atomic E-state index is -1.23. The molecule has 0 fully saturated rings. The number of aliphatic hydroxyl groups is 1. The number of rotatable bonds is 3. The summed E-state index contributed by atoms with van der Waals surface area (Å²) in [6.45, 7) is 5.69. The lowest BCUT2D eigenvalue weighted by Crippen LogP contribution is -2.43. The zero-order valence-electron chi connectivity index (χ0n) is 7.72. The Balaban J connectivity index is 4.03. The van der Waals surface area contributed by atoms with Crippen molar-refractivity contribution >= 4 is 5.91 Å². The maximum Gasteiger partial charge on any atom is 0.253 e. The van der Waals surface area contributed by atoms with Crippen molar-refractivity contribution in [2.24, 2.45) is 0 Å². The van der Waals surface area contributed by atoms with Crippen molar-refractivity contribution < 1.29 is 9.90 Å². The highest BCUT2D eigenvalue weighted by molar-refractivity contribution is 5.83. The van der Waals surface area contributed by atoms with Crippen molar-refractivity contribution in [1.82, 2.24) is 4.90 Å². The van der Waals surface area contributed by atoms with E-state index in [1.165, 1.54) is 13.8 Å². The average Bonchev–Trinajstić information content (AvgIpc) is 1.85. The van der Waals surface area contributed by atoms with Gasteiger partial charge in [0.25, 0.3) is 5.91 Å². The molecule has 3 nitrogen and oxygen atoms in total. The molecule has 66 valence electrons. The molecule has 1 amide bonds. The fourth-order valence-corrected chi connectivity index (χ4v) is 0.904. The second kappa shape index (κ2) is 3.72. The number of nitrogens with zero attached hydrogens (tertiary/aromatic N) is 1. The molecule has 3 heteroatoms. The van der Waals surface area contributed by atoms with Crippen molar-refractivity contribution in [2.45, 2.75) is 32.8 Å². The van der Waals surface area contributed by atoms with E-state index >= 15 is 0 Å². The fraction of sp³-hybridized carbons (Fsp3) is 0.875. The maximum absolute atomic E-state index is 11.2. The Kier molecular flexibility index (Phi) is 3.52. The van der Waals surface area contributed by atoms with Gasteiger partial charge in [0, 0.05) is 13.6 Å². The second-order valence-electron chi connectivity index (χ2n) is 3.29. The molecule has 0 aliphatic carbocycles. The Morgan fingerprint density at radius 2 is 2.00 bits per heavy atom. The number of likely N-dealkylation sites (N-methyl/N-ethyl adjacent to an activating group) is 1. The maximum atomic E-state index is 11.2. The van der Waals surface area contributed by atoms with Crippen LogP contribution >= 0.6 is 0 Å². The largest absolute Gasteiger partial charge is 0.381 e. The molecular formula is C8H17NO2.